The van der Waals surface area contributed by atoms with Crippen LogP contribution in [0.2, 0.25) is 5.02 Å². The van der Waals surface area contributed by atoms with Crippen LogP contribution in [0, 0.1) is 5.41 Å². The van der Waals surface area contributed by atoms with Crippen molar-refractivity contribution in [3.8, 4) is 0 Å². The summed E-state index contributed by atoms with van der Waals surface area (Å²) in [5.74, 6) is 5.41. The highest BCUT2D eigenvalue weighted by Crippen LogP contribution is 2.31. The fraction of sp³-hybridized carbons (Fsp3) is 0.231. The Morgan fingerprint density at radius 2 is 2.15 bits per heavy atom. The molecular formula is C13H17ClN6. The van der Waals surface area contributed by atoms with E-state index in [-0.39, 0.29) is 0 Å². The number of benzene rings is 1. The van der Waals surface area contributed by atoms with Crippen LogP contribution in [-0.2, 0) is 0 Å². The summed E-state index contributed by atoms with van der Waals surface area (Å²) < 4.78 is 0. The van der Waals surface area contributed by atoms with Crippen molar-refractivity contribution in [1.29, 1.82) is 5.41 Å². The number of nitrogens with two attached hydrogens (primary N) is 3. The number of rotatable bonds is 2. The zero-order valence-electron chi connectivity index (χ0n) is 10.9. The van der Waals surface area contributed by atoms with Gasteiger partial charge in [0, 0.05) is 34.7 Å². The topological polar surface area (TPSA) is 118 Å². The smallest absolute Gasteiger partial charge is 0.0840 e. The van der Waals surface area contributed by atoms with Crippen LogP contribution < -0.4 is 22.2 Å². The van der Waals surface area contributed by atoms with E-state index in [0.29, 0.717) is 22.8 Å². The molecular weight excluding hydrogens is 276 g/mol. The highest BCUT2D eigenvalue weighted by atomic mass is 35.5. The molecule has 1 aliphatic heterocycles. The number of piperidine rings is 1. The van der Waals surface area contributed by atoms with Gasteiger partial charge in [-0.3, -0.25) is 0 Å². The van der Waals surface area contributed by atoms with E-state index in [0.717, 1.165) is 29.9 Å². The molecule has 0 aliphatic carbocycles. The minimum absolute atomic E-state index is 0.480. The molecule has 2 rings (SSSR count). The standard InChI is InChI=1S/C13H17ClN6/c14-9-3-11(17)10(6-16)13(4-9)20-2-1-8(5-15)12(7-20)19-18/h3-6,16H,1-2,7,15,17-18H2. The largest absolute Gasteiger partial charge is 0.404 e. The number of nitrogen functional groups attached to an aromatic ring is 1. The molecule has 6 nitrogen and oxygen atoms in total. The fourth-order valence-corrected chi connectivity index (χ4v) is 2.53. The van der Waals surface area contributed by atoms with Crippen LogP contribution in [0.1, 0.15) is 12.0 Å². The average molecular weight is 293 g/mol. The fourth-order valence-electron chi connectivity index (χ4n) is 2.31. The molecule has 1 fully saturated rings. The van der Waals surface area contributed by atoms with Gasteiger partial charge >= 0.3 is 0 Å². The quantitative estimate of drug-likeness (QED) is 0.284. The number of nitrogens with zero attached hydrogens (tertiary/aromatic N) is 2. The van der Waals surface area contributed by atoms with E-state index in [4.69, 9.17) is 34.3 Å². The molecule has 1 aromatic carbocycles. The lowest BCUT2D eigenvalue weighted by atomic mass is 10.0. The minimum Gasteiger partial charge on any atom is -0.404 e. The van der Waals surface area contributed by atoms with Crippen LogP contribution in [0.4, 0.5) is 11.4 Å². The van der Waals surface area contributed by atoms with E-state index in [9.17, 15) is 0 Å². The number of hydrogen-bond acceptors (Lipinski definition) is 6. The lowest BCUT2D eigenvalue weighted by Gasteiger charge is -2.32. The van der Waals surface area contributed by atoms with Crippen molar-refractivity contribution < 1.29 is 0 Å². The first-order valence-electron chi connectivity index (χ1n) is 6.13. The molecule has 0 bridgehead atoms. The summed E-state index contributed by atoms with van der Waals surface area (Å²) >= 11 is 6.06. The van der Waals surface area contributed by atoms with E-state index >= 15 is 0 Å². The summed E-state index contributed by atoms with van der Waals surface area (Å²) in [5.41, 5.74) is 15.1. The van der Waals surface area contributed by atoms with Gasteiger partial charge in [0.2, 0.25) is 0 Å². The van der Waals surface area contributed by atoms with Gasteiger partial charge in [-0.25, -0.2) is 0 Å². The second-order valence-corrected chi connectivity index (χ2v) is 4.95. The molecule has 7 N–H and O–H groups in total. The zero-order chi connectivity index (χ0) is 14.7. The van der Waals surface area contributed by atoms with Gasteiger partial charge in [0.05, 0.1) is 12.3 Å². The predicted molar refractivity (Wildman–Crippen MR) is 84.5 cm³/mol. The maximum Gasteiger partial charge on any atom is 0.0840 e. The van der Waals surface area contributed by atoms with Crippen molar-refractivity contribution >= 4 is 34.9 Å². The first kappa shape index (κ1) is 14.2. The second-order valence-electron chi connectivity index (χ2n) is 4.51. The van der Waals surface area contributed by atoms with Crippen molar-refractivity contribution in [3.63, 3.8) is 0 Å². The summed E-state index contributed by atoms with van der Waals surface area (Å²) in [5, 5.41) is 11.8. The van der Waals surface area contributed by atoms with E-state index in [1.807, 2.05) is 4.90 Å². The van der Waals surface area contributed by atoms with E-state index in [2.05, 4.69) is 5.10 Å². The summed E-state index contributed by atoms with van der Waals surface area (Å²) in [6, 6.07) is 3.43. The summed E-state index contributed by atoms with van der Waals surface area (Å²) in [6.07, 6.45) is 3.50. The SMILES string of the molecule is N=Cc1c(N)cc(Cl)cc1N1CCC(=CN)C(=NN)C1. The molecule has 1 saturated heterocycles. The summed E-state index contributed by atoms with van der Waals surface area (Å²) in [4.78, 5) is 2.04. The Labute approximate surface area is 122 Å². The van der Waals surface area contributed by atoms with Gasteiger partial charge < -0.3 is 27.6 Å². The van der Waals surface area contributed by atoms with Gasteiger partial charge in [-0.05, 0) is 30.3 Å². The summed E-state index contributed by atoms with van der Waals surface area (Å²) in [6.45, 7) is 1.25. The highest BCUT2D eigenvalue weighted by Gasteiger charge is 2.22. The first-order valence-corrected chi connectivity index (χ1v) is 6.50. The Bertz CT molecular complexity index is 593. The molecule has 20 heavy (non-hydrogen) atoms. The molecule has 1 aromatic rings. The van der Waals surface area contributed by atoms with Crippen molar-refractivity contribution in [3.05, 3.63) is 34.5 Å². The minimum atomic E-state index is 0.480. The lowest BCUT2D eigenvalue weighted by Crippen LogP contribution is -2.38. The monoisotopic (exact) mass is 292 g/mol. The molecule has 0 atom stereocenters. The number of nitrogens with one attached hydrogen (secondary N) is 1. The number of hydrazone groups is 1. The average Bonchev–Trinajstić information content (AvgIpc) is 2.45. The van der Waals surface area contributed by atoms with Gasteiger partial charge in [0.1, 0.15) is 0 Å². The molecule has 1 heterocycles. The molecule has 0 radical (unpaired) electrons. The van der Waals surface area contributed by atoms with Gasteiger partial charge in [0.15, 0.2) is 0 Å². The highest BCUT2D eigenvalue weighted by molar-refractivity contribution is 6.31. The van der Waals surface area contributed by atoms with Crippen LogP contribution in [0.3, 0.4) is 0 Å². The molecule has 1 aliphatic rings. The van der Waals surface area contributed by atoms with Gasteiger partial charge in [-0.2, -0.15) is 5.10 Å². The predicted octanol–water partition coefficient (Wildman–Crippen LogP) is 1.29. The normalized spacial score (nSPS) is 19.6. The van der Waals surface area contributed by atoms with E-state index in [1.165, 1.54) is 12.4 Å². The van der Waals surface area contributed by atoms with Gasteiger partial charge in [0.25, 0.3) is 0 Å². The Hall–Kier alpha value is -2.21. The lowest BCUT2D eigenvalue weighted by molar-refractivity contribution is 0.814. The Balaban J connectivity index is 2.41. The third-order valence-corrected chi connectivity index (χ3v) is 3.58. The molecule has 7 heteroatoms. The van der Waals surface area contributed by atoms with E-state index in [1.54, 1.807) is 12.1 Å². The van der Waals surface area contributed by atoms with Crippen molar-refractivity contribution in [2.45, 2.75) is 6.42 Å². The molecule has 0 amide bonds. The molecule has 0 spiro atoms. The zero-order valence-corrected chi connectivity index (χ0v) is 11.7. The first-order chi connectivity index (χ1) is 9.60. The Kier molecular flexibility index (Phi) is 4.14. The third-order valence-electron chi connectivity index (χ3n) is 3.36. The van der Waals surface area contributed by atoms with Crippen molar-refractivity contribution in [2.75, 3.05) is 23.7 Å². The number of halogens is 1. The van der Waals surface area contributed by atoms with Gasteiger partial charge in [-0.1, -0.05) is 11.6 Å². The molecule has 0 aromatic heterocycles. The number of hydrogen-bond donors (Lipinski definition) is 4. The molecule has 0 unspecified atom stereocenters. The maximum absolute atomic E-state index is 7.52. The third kappa shape index (κ3) is 2.55. The van der Waals surface area contributed by atoms with Gasteiger partial charge in [-0.15, -0.1) is 0 Å². The van der Waals surface area contributed by atoms with Crippen LogP contribution in [0.5, 0.6) is 0 Å². The van der Waals surface area contributed by atoms with Crippen LogP contribution in [-0.4, -0.2) is 25.0 Å². The molecule has 106 valence electrons. The van der Waals surface area contributed by atoms with Crippen LogP contribution >= 0.6 is 11.6 Å². The maximum atomic E-state index is 7.52. The second kappa shape index (κ2) is 5.83. The van der Waals surface area contributed by atoms with Crippen molar-refractivity contribution in [1.82, 2.24) is 0 Å². The Morgan fingerprint density at radius 1 is 1.40 bits per heavy atom. The number of anilines is 2. The summed E-state index contributed by atoms with van der Waals surface area (Å²) in [7, 11) is 0. The van der Waals surface area contributed by atoms with Crippen molar-refractivity contribution in [2.24, 2.45) is 16.7 Å². The van der Waals surface area contributed by atoms with Crippen LogP contribution in [0.25, 0.3) is 0 Å². The van der Waals surface area contributed by atoms with E-state index < -0.39 is 0 Å². The van der Waals surface area contributed by atoms with Crippen LogP contribution in [0.15, 0.2) is 29.0 Å². The molecule has 0 saturated carbocycles. The Morgan fingerprint density at radius 3 is 2.75 bits per heavy atom.